The molecule has 2 rings (SSSR count). The number of nitrogens with two attached hydrogens (primary N) is 1. The van der Waals surface area contributed by atoms with Gasteiger partial charge in [-0.25, -0.2) is 4.39 Å². The molecule has 0 fully saturated rings. The molecule has 0 saturated heterocycles. The van der Waals surface area contributed by atoms with E-state index in [1.165, 1.54) is 6.07 Å². The summed E-state index contributed by atoms with van der Waals surface area (Å²) >= 11 is 0. The molecule has 0 unspecified atom stereocenters. The Morgan fingerprint density at radius 3 is 2.65 bits per heavy atom. The summed E-state index contributed by atoms with van der Waals surface area (Å²) in [5.74, 6) is -0.901. The largest absolute Gasteiger partial charge is 0.399 e. The van der Waals surface area contributed by atoms with Crippen LogP contribution >= 0.6 is 0 Å². The number of halogens is 1. The summed E-state index contributed by atoms with van der Waals surface area (Å²) in [6.07, 6.45) is 0. The summed E-state index contributed by atoms with van der Waals surface area (Å²) in [5, 5.41) is 2.72. The van der Waals surface area contributed by atoms with Crippen LogP contribution in [0.25, 0.3) is 0 Å². The topological polar surface area (TPSA) is 55.1 Å². The van der Waals surface area contributed by atoms with Gasteiger partial charge in [-0.05, 0) is 42.7 Å². The SMILES string of the molecule is Cc1cccc(C(=O)NCc2cccc(N)c2C)c1F. The fraction of sp³-hybridized carbons (Fsp3) is 0.188. The van der Waals surface area contributed by atoms with Gasteiger partial charge in [0.1, 0.15) is 5.82 Å². The van der Waals surface area contributed by atoms with Crippen LogP contribution in [-0.4, -0.2) is 5.91 Å². The van der Waals surface area contributed by atoms with Crippen LogP contribution in [0, 0.1) is 19.7 Å². The molecular weight excluding hydrogens is 255 g/mol. The minimum absolute atomic E-state index is 0.0616. The fourth-order valence-corrected chi connectivity index (χ4v) is 1.99. The standard InChI is InChI=1S/C16H17FN2O/c1-10-5-3-7-13(15(10)17)16(20)19-9-12-6-4-8-14(18)11(12)2/h3-8H,9,18H2,1-2H3,(H,19,20). The number of nitrogens with one attached hydrogen (secondary N) is 1. The Morgan fingerprint density at radius 2 is 1.90 bits per heavy atom. The molecule has 0 aliphatic heterocycles. The zero-order valence-corrected chi connectivity index (χ0v) is 11.5. The molecule has 0 atom stereocenters. The summed E-state index contributed by atoms with van der Waals surface area (Å²) in [6.45, 7) is 3.85. The van der Waals surface area contributed by atoms with E-state index in [9.17, 15) is 9.18 Å². The number of hydrogen-bond acceptors (Lipinski definition) is 2. The van der Waals surface area contributed by atoms with Gasteiger partial charge >= 0.3 is 0 Å². The molecule has 0 aliphatic carbocycles. The lowest BCUT2D eigenvalue weighted by atomic mass is 10.1. The first kappa shape index (κ1) is 14.1. The Morgan fingerprint density at radius 1 is 1.20 bits per heavy atom. The highest BCUT2D eigenvalue weighted by molar-refractivity contribution is 5.94. The predicted octanol–water partition coefficient (Wildman–Crippen LogP) is 2.95. The summed E-state index contributed by atoms with van der Waals surface area (Å²) in [6, 6.07) is 10.3. The monoisotopic (exact) mass is 272 g/mol. The first-order valence-corrected chi connectivity index (χ1v) is 6.38. The van der Waals surface area contributed by atoms with Gasteiger partial charge in [0.25, 0.3) is 5.91 Å². The third-order valence-electron chi connectivity index (χ3n) is 3.36. The van der Waals surface area contributed by atoms with E-state index < -0.39 is 11.7 Å². The molecular formula is C16H17FN2O. The first-order valence-electron chi connectivity index (χ1n) is 6.38. The van der Waals surface area contributed by atoms with Gasteiger partial charge in [-0.2, -0.15) is 0 Å². The third kappa shape index (κ3) is 2.79. The average Bonchev–Trinajstić information content (AvgIpc) is 2.43. The Kier molecular flexibility index (Phi) is 4.03. The molecule has 0 radical (unpaired) electrons. The highest BCUT2D eigenvalue weighted by Gasteiger charge is 2.13. The number of benzene rings is 2. The molecule has 0 saturated carbocycles. The van der Waals surface area contributed by atoms with Crippen molar-refractivity contribution < 1.29 is 9.18 Å². The number of hydrogen-bond donors (Lipinski definition) is 2. The highest BCUT2D eigenvalue weighted by Crippen LogP contribution is 2.16. The van der Waals surface area contributed by atoms with E-state index in [1.807, 2.05) is 19.1 Å². The van der Waals surface area contributed by atoms with Crippen molar-refractivity contribution in [3.05, 3.63) is 64.5 Å². The van der Waals surface area contributed by atoms with Gasteiger partial charge in [0.05, 0.1) is 5.56 Å². The lowest BCUT2D eigenvalue weighted by Gasteiger charge is -2.10. The minimum Gasteiger partial charge on any atom is -0.399 e. The summed E-state index contributed by atoms with van der Waals surface area (Å²) < 4.78 is 13.8. The number of carbonyl (C=O) groups is 1. The number of aryl methyl sites for hydroxylation is 1. The quantitative estimate of drug-likeness (QED) is 0.844. The molecule has 0 aromatic heterocycles. The van der Waals surface area contributed by atoms with Gasteiger partial charge in [0.15, 0.2) is 0 Å². The second kappa shape index (κ2) is 5.74. The Hall–Kier alpha value is -2.36. The number of rotatable bonds is 3. The van der Waals surface area contributed by atoms with Crippen molar-refractivity contribution in [1.82, 2.24) is 5.32 Å². The van der Waals surface area contributed by atoms with Gasteiger partial charge in [-0.1, -0.05) is 24.3 Å². The Balaban J connectivity index is 2.13. The molecule has 20 heavy (non-hydrogen) atoms. The van der Waals surface area contributed by atoms with Crippen molar-refractivity contribution in [3.8, 4) is 0 Å². The zero-order valence-electron chi connectivity index (χ0n) is 11.5. The van der Waals surface area contributed by atoms with Gasteiger partial charge in [0.2, 0.25) is 0 Å². The Bertz CT molecular complexity index is 653. The maximum atomic E-state index is 13.8. The lowest BCUT2D eigenvalue weighted by Crippen LogP contribution is -2.24. The van der Waals surface area contributed by atoms with E-state index in [1.54, 1.807) is 25.1 Å². The molecule has 0 spiro atoms. The van der Waals surface area contributed by atoms with Gasteiger partial charge < -0.3 is 11.1 Å². The average molecular weight is 272 g/mol. The van der Waals surface area contributed by atoms with Crippen LogP contribution in [0.15, 0.2) is 36.4 Å². The van der Waals surface area contributed by atoms with E-state index in [-0.39, 0.29) is 5.56 Å². The minimum atomic E-state index is -0.478. The second-order valence-electron chi connectivity index (χ2n) is 4.75. The number of amides is 1. The maximum Gasteiger partial charge on any atom is 0.254 e. The molecule has 4 heteroatoms. The van der Waals surface area contributed by atoms with Gasteiger partial charge in [-0.3, -0.25) is 4.79 Å². The van der Waals surface area contributed by atoms with Crippen LogP contribution in [-0.2, 0) is 6.54 Å². The number of carbonyl (C=O) groups excluding carboxylic acids is 1. The van der Waals surface area contributed by atoms with Crippen molar-refractivity contribution in [2.45, 2.75) is 20.4 Å². The van der Waals surface area contributed by atoms with Crippen LogP contribution in [0.3, 0.4) is 0 Å². The van der Waals surface area contributed by atoms with Crippen LogP contribution < -0.4 is 11.1 Å². The van der Waals surface area contributed by atoms with E-state index >= 15 is 0 Å². The lowest BCUT2D eigenvalue weighted by molar-refractivity contribution is 0.0946. The highest BCUT2D eigenvalue weighted by atomic mass is 19.1. The normalized spacial score (nSPS) is 10.3. The summed E-state index contributed by atoms with van der Waals surface area (Å²) in [5.41, 5.74) is 8.86. The molecule has 3 N–H and O–H groups in total. The third-order valence-corrected chi connectivity index (χ3v) is 3.36. The molecule has 1 amide bonds. The van der Waals surface area contributed by atoms with Crippen LogP contribution in [0.2, 0.25) is 0 Å². The summed E-state index contributed by atoms with van der Waals surface area (Å²) in [4.78, 5) is 12.0. The van der Waals surface area contributed by atoms with E-state index in [2.05, 4.69) is 5.32 Å². The molecule has 2 aromatic carbocycles. The van der Waals surface area contributed by atoms with Crippen molar-refractivity contribution >= 4 is 11.6 Å². The smallest absolute Gasteiger partial charge is 0.254 e. The number of nitrogen functional groups attached to an aromatic ring is 1. The van der Waals surface area contributed by atoms with Gasteiger partial charge in [-0.15, -0.1) is 0 Å². The molecule has 2 aromatic rings. The Labute approximate surface area is 117 Å². The van der Waals surface area contributed by atoms with Crippen molar-refractivity contribution in [2.75, 3.05) is 5.73 Å². The van der Waals surface area contributed by atoms with Crippen molar-refractivity contribution in [3.63, 3.8) is 0 Å². The molecule has 0 aliphatic rings. The van der Waals surface area contributed by atoms with Crippen molar-refractivity contribution in [1.29, 1.82) is 0 Å². The summed E-state index contributed by atoms with van der Waals surface area (Å²) in [7, 11) is 0. The molecule has 0 bridgehead atoms. The fourth-order valence-electron chi connectivity index (χ4n) is 1.99. The molecule has 0 heterocycles. The van der Waals surface area contributed by atoms with Crippen LogP contribution in [0.1, 0.15) is 27.0 Å². The molecule has 3 nitrogen and oxygen atoms in total. The van der Waals surface area contributed by atoms with E-state index in [4.69, 9.17) is 5.73 Å². The molecule has 104 valence electrons. The van der Waals surface area contributed by atoms with Crippen molar-refractivity contribution in [2.24, 2.45) is 0 Å². The maximum absolute atomic E-state index is 13.8. The second-order valence-corrected chi connectivity index (χ2v) is 4.75. The first-order chi connectivity index (χ1) is 9.50. The zero-order chi connectivity index (χ0) is 14.7. The van der Waals surface area contributed by atoms with Gasteiger partial charge in [0, 0.05) is 12.2 Å². The van der Waals surface area contributed by atoms with Crippen LogP contribution in [0.4, 0.5) is 10.1 Å². The van der Waals surface area contributed by atoms with E-state index in [0.717, 1.165) is 11.1 Å². The number of anilines is 1. The predicted molar refractivity (Wildman–Crippen MR) is 77.9 cm³/mol. The van der Waals surface area contributed by atoms with E-state index in [0.29, 0.717) is 17.8 Å². The van der Waals surface area contributed by atoms with Crippen LogP contribution in [0.5, 0.6) is 0 Å².